The van der Waals surface area contributed by atoms with Gasteiger partial charge in [0.15, 0.2) is 0 Å². The molecule has 1 saturated heterocycles. The van der Waals surface area contributed by atoms with Crippen LogP contribution >= 0.6 is 0 Å². The summed E-state index contributed by atoms with van der Waals surface area (Å²) in [5, 5.41) is 3.18. The molecule has 0 amide bonds. The smallest absolute Gasteiger partial charge is 0.264 e. The molecule has 1 fully saturated rings. The van der Waals surface area contributed by atoms with Crippen molar-refractivity contribution >= 4 is 0 Å². The standard InChI is InChI=1S/C15H22F2N2/c1-12-3-4-14(13(2)9-12)10-15(16,17)11-19-7-5-18-6-8-19/h3-4,9,18H,5-8,10-11H2,1-2H3. The number of alkyl halides is 2. The highest BCUT2D eigenvalue weighted by atomic mass is 19.3. The van der Waals surface area contributed by atoms with Crippen molar-refractivity contribution in [2.24, 2.45) is 0 Å². The van der Waals surface area contributed by atoms with Crippen LogP contribution in [-0.2, 0) is 6.42 Å². The summed E-state index contributed by atoms with van der Waals surface area (Å²) in [5.41, 5.74) is 2.83. The van der Waals surface area contributed by atoms with Crippen molar-refractivity contribution in [1.82, 2.24) is 10.2 Å². The Morgan fingerprint density at radius 3 is 2.53 bits per heavy atom. The van der Waals surface area contributed by atoms with Gasteiger partial charge >= 0.3 is 0 Å². The summed E-state index contributed by atoms with van der Waals surface area (Å²) in [6, 6.07) is 5.70. The van der Waals surface area contributed by atoms with Crippen LogP contribution in [-0.4, -0.2) is 43.5 Å². The summed E-state index contributed by atoms with van der Waals surface area (Å²) >= 11 is 0. The maximum Gasteiger partial charge on any atom is 0.264 e. The molecular formula is C15H22F2N2. The molecule has 0 radical (unpaired) electrons. The minimum absolute atomic E-state index is 0.137. The van der Waals surface area contributed by atoms with Crippen molar-refractivity contribution in [2.75, 3.05) is 32.7 Å². The number of nitrogens with one attached hydrogen (secondary N) is 1. The van der Waals surface area contributed by atoms with Gasteiger partial charge in [-0.1, -0.05) is 23.8 Å². The molecule has 0 spiro atoms. The van der Waals surface area contributed by atoms with Gasteiger partial charge in [0.05, 0.1) is 6.54 Å². The lowest BCUT2D eigenvalue weighted by molar-refractivity contribution is -0.0338. The molecule has 19 heavy (non-hydrogen) atoms. The van der Waals surface area contributed by atoms with Gasteiger partial charge in [0.2, 0.25) is 0 Å². The summed E-state index contributed by atoms with van der Waals surface area (Å²) in [6.07, 6.45) is -0.164. The van der Waals surface area contributed by atoms with Crippen molar-refractivity contribution in [3.8, 4) is 0 Å². The van der Waals surface area contributed by atoms with Crippen LogP contribution in [0.1, 0.15) is 16.7 Å². The largest absolute Gasteiger partial charge is 0.314 e. The van der Waals surface area contributed by atoms with Crippen LogP contribution in [0.15, 0.2) is 18.2 Å². The molecule has 0 bridgehead atoms. The monoisotopic (exact) mass is 268 g/mol. The number of aryl methyl sites for hydroxylation is 2. The zero-order valence-electron chi connectivity index (χ0n) is 11.7. The zero-order chi connectivity index (χ0) is 13.9. The fraction of sp³-hybridized carbons (Fsp3) is 0.600. The number of rotatable bonds is 4. The zero-order valence-corrected chi connectivity index (χ0v) is 11.7. The molecule has 2 nitrogen and oxygen atoms in total. The van der Waals surface area contributed by atoms with Crippen molar-refractivity contribution in [2.45, 2.75) is 26.2 Å². The Labute approximate surface area is 113 Å². The van der Waals surface area contributed by atoms with Gasteiger partial charge in [0.25, 0.3) is 5.92 Å². The Morgan fingerprint density at radius 2 is 1.89 bits per heavy atom. The number of halogens is 2. The fourth-order valence-corrected chi connectivity index (χ4v) is 2.58. The van der Waals surface area contributed by atoms with Gasteiger partial charge in [-0.05, 0) is 25.0 Å². The molecule has 2 rings (SSSR count). The summed E-state index contributed by atoms with van der Waals surface area (Å²) in [5.74, 6) is -2.66. The molecule has 1 N–H and O–H groups in total. The first kappa shape index (κ1) is 14.4. The van der Waals surface area contributed by atoms with E-state index in [1.807, 2.05) is 36.9 Å². The quantitative estimate of drug-likeness (QED) is 0.902. The molecule has 1 aromatic carbocycles. The number of hydrogen-bond acceptors (Lipinski definition) is 2. The minimum Gasteiger partial charge on any atom is -0.314 e. The van der Waals surface area contributed by atoms with E-state index in [1.165, 1.54) is 0 Å². The van der Waals surface area contributed by atoms with Crippen LogP contribution in [0.5, 0.6) is 0 Å². The molecule has 0 aromatic heterocycles. The highest BCUT2D eigenvalue weighted by Crippen LogP contribution is 2.24. The Kier molecular flexibility index (Phi) is 4.53. The molecule has 4 heteroatoms. The number of benzene rings is 1. The second-order valence-corrected chi connectivity index (χ2v) is 5.49. The molecule has 106 valence electrons. The average molecular weight is 268 g/mol. The van der Waals surface area contributed by atoms with E-state index < -0.39 is 5.92 Å². The highest BCUT2D eigenvalue weighted by molar-refractivity contribution is 5.31. The van der Waals surface area contributed by atoms with Crippen molar-refractivity contribution in [3.05, 3.63) is 34.9 Å². The van der Waals surface area contributed by atoms with Crippen LogP contribution in [0.4, 0.5) is 8.78 Å². The second-order valence-electron chi connectivity index (χ2n) is 5.49. The van der Waals surface area contributed by atoms with Gasteiger partial charge < -0.3 is 5.32 Å². The Morgan fingerprint density at radius 1 is 1.21 bits per heavy atom. The van der Waals surface area contributed by atoms with Gasteiger partial charge in [0.1, 0.15) is 0 Å². The summed E-state index contributed by atoms with van der Waals surface area (Å²) in [7, 11) is 0. The Hall–Kier alpha value is -1.00. The molecule has 0 aliphatic carbocycles. The first-order valence-corrected chi connectivity index (χ1v) is 6.83. The molecular weight excluding hydrogens is 246 g/mol. The molecule has 1 aliphatic heterocycles. The van der Waals surface area contributed by atoms with Crippen molar-refractivity contribution in [1.29, 1.82) is 0 Å². The molecule has 0 atom stereocenters. The fourth-order valence-electron chi connectivity index (χ4n) is 2.58. The average Bonchev–Trinajstić information content (AvgIpc) is 2.33. The molecule has 1 aromatic rings. The normalized spacial score (nSPS) is 17.7. The third kappa shape index (κ3) is 4.25. The van der Waals surface area contributed by atoms with E-state index in [9.17, 15) is 8.78 Å². The van der Waals surface area contributed by atoms with E-state index >= 15 is 0 Å². The second kappa shape index (κ2) is 5.97. The van der Waals surface area contributed by atoms with E-state index in [2.05, 4.69) is 5.32 Å². The predicted octanol–water partition coefficient (Wildman–Crippen LogP) is 2.39. The minimum atomic E-state index is -2.66. The van der Waals surface area contributed by atoms with Gasteiger partial charge in [-0.25, -0.2) is 8.78 Å². The number of piperazine rings is 1. The Balaban J connectivity index is 1.99. The third-order valence-electron chi connectivity index (χ3n) is 3.61. The first-order chi connectivity index (χ1) is 8.96. The third-order valence-corrected chi connectivity index (χ3v) is 3.61. The van der Waals surface area contributed by atoms with Crippen molar-refractivity contribution < 1.29 is 8.78 Å². The van der Waals surface area contributed by atoms with Gasteiger partial charge in [0, 0.05) is 32.6 Å². The number of hydrogen-bond donors (Lipinski definition) is 1. The molecule has 1 heterocycles. The van der Waals surface area contributed by atoms with E-state index in [-0.39, 0.29) is 13.0 Å². The summed E-state index contributed by atoms with van der Waals surface area (Å²) < 4.78 is 28.2. The van der Waals surface area contributed by atoms with Gasteiger partial charge in [-0.3, -0.25) is 4.90 Å². The summed E-state index contributed by atoms with van der Waals surface area (Å²) in [6.45, 7) is 6.78. The van der Waals surface area contributed by atoms with E-state index in [1.54, 1.807) is 0 Å². The molecule has 0 unspecified atom stereocenters. The van der Waals surface area contributed by atoms with Crippen molar-refractivity contribution in [3.63, 3.8) is 0 Å². The van der Waals surface area contributed by atoms with Gasteiger partial charge in [-0.15, -0.1) is 0 Å². The number of nitrogens with zero attached hydrogens (tertiary/aromatic N) is 1. The van der Waals surface area contributed by atoms with Gasteiger partial charge in [-0.2, -0.15) is 0 Å². The van der Waals surface area contributed by atoms with Crippen LogP contribution in [0.2, 0.25) is 0 Å². The molecule has 0 saturated carbocycles. The lowest BCUT2D eigenvalue weighted by Gasteiger charge is -2.31. The lowest BCUT2D eigenvalue weighted by atomic mass is 9.99. The SMILES string of the molecule is Cc1ccc(CC(F)(F)CN2CCNCC2)c(C)c1. The van der Waals surface area contributed by atoms with Crippen LogP contribution < -0.4 is 5.32 Å². The Bertz CT molecular complexity index is 426. The molecule has 1 aliphatic rings. The van der Waals surface area contributed by atoms with Crippen LogP contribution in [0, 0.1) is 13.8 Å². The van der Waals surface area contributed by atoms with E-state index in [4.69, 9.17) is 0 Å². The lowest BCUT2D eigenvalue weighted by Crippen LogP contribution is -2.48. The van der Waals surface area contributed by atoms with E-state index in [0.717, 1.165) is 29.8 Å². The maximum absolute atomic E-state index is 14.1. The first-order valence-electron chi connectivity index (χ1n) is 6.83. The maximum atomic E-state index is 14.1. The topological polar surface area (TPSA) is 15.3 Å². The van der Waals surface area contributed by atoms with Crippen LogP contribution in [0.3, 0.4) is 0 Å². The summed E-state index contributed by atoms with van der Waals surface area (Å²) in [4.78, 5) is 1.85. The predicted molar refractivity (Wildman–Crippen MR) is 73.9 cm³/mol. The van der Waals surface area contributed by atoms with Crippen LogP contribution in [0.25, 0.3) is 0 Å². The highest BCUT2D eigenvalue weighted by Gasteiger charge is 2.32. The van der Waals surface area contributed by atoms with E-state index in [0.29, 0.717) is 13.1 Å².